The Morgan fingerprint density at radius 3 is 2.72 bits per heavy atom. The van der Waals surface area contributed by atoms with Gasteiger partial charge < -0.3 is 10.5 Å². The van der Waals surface area contributed by atoms with E-state index in [4.69, 9.17) is 5.73 Å². The molecule has 100 valence electrons. The fraction of sp³-hybridized carbons (Fsp3) is 0.500. The Morgan fingerprint density at radius 2 is 2.22 bits per heavy atom. The first-order valence-electron chi connectivity index (χ1n) is 5.26. The maximum Gasteiger partial charge on any atom is 0.341 e. The zero-order valence-corrected chi connectivity index (χ0v) is 9.73. The van der Waals surface area contributed by atoms with Crippen molar-refractivity contribution < 1.29 is 23.1 Å². The van der Waals surface area contributed by atoms with Crippen LogP contribution in [0.2, 0.25) is 0 Å². The van der Waals surface area contributed by atoms with Crippen LogP contribution in [0.25, 0.3) is 0 Å². The number of aryl methyl sites for hydroxylation is 1. The summed E-state index contributed by atoms with van der Waals surface area (Å²) in [5, 5.41) is 3.64. The third-order valence-electron chi connectivity index (χ3n) is 2.15. The van der Waals surface area contributed by atoms with Crippen molar-refractivity contribution in [1.29, 1.82) is 0 Å². The Labute approximate surface area is 102 Å². The fourth-order valence-electron chi connectivity index (χ4n) is 1.39. The average molecular weight is 261 g/mol. The van der Waals surface area contributed by atoms with Gasteiger partial charge in [0, 0.05) is 6.42 Å². The number of primary amides is 1. The number of hydrogen-bond donors (Lipinski definition) is 1. The van der Waals surface area contributed by atoms with Crippen LogP contribution >= 0.6 is 0 Å². The fourth-order valence-corrected chi connectivity index (χ4v) is 1.39. The quantitative estimate of drug-likeness (QED) is 0.770. The molecular formula is C10H13F2N3O3. The van der Waals surface area contributed by atoms with Crippen LogP contribution in [0.4, 0.5) is 8.78 Å². The van der Waals surface area contributed by atoms with Crippen LogP contribution in [0.5, 0.6) is 0 Å². The third-order valence-corrected chi connectivity index (χ3v) is 2.15. The second-order valence-corrected chi connectivity index (χ2v) is 3.40. The monoisotopic (exact) mass is 261 g/mol. The number of aromatic nitrogens is 2. The minimum atomic E-state index is -2.89. The summed E-state index contributed by atoms with van der Waals surface area (Å²) in [6, 6.07) is 0. The van der Waals surface area contributed by atoms with E-state index in [2.05, 4.69) is 9.84 Å². The number of alkyl halides is 2. The van der Waals surface area contributed by atoms with Crippen LogP contribution < -0.4 is 5.73 Å². The molecule has 1 heterocycles. The van der Waals surface area contributed by atoms with Crippen LogP contribution in [-0.4, -0.2) is 28.3 Å². The van der Waals surface area contributed by atoms with Gasteiger partial charge >= 0.3 is 5.97 Å². The van der Waals surface area contributed by atoms with E-state index in [1.807, 2.05) is 0 Å². The van der Waals surface area contributed by atoms with E-state index in [-0.39, 0.29) is 25.1 Å². The van der Waals surface area contributed by atoms with E-state index in [0.717, 1.165) is 10.9 Å². The molecule has 0 saturated heterocycles. The minimum absolute atomic E-state index is 0.0774. The molecule has 0 fully saturated rings. The van der Waals surface area contributed by atoms with Crippen molar-refractivity contribution in [1.82, 2.24) is 9.78 Å². The largest absolute Gasteiger partial charge is 0.462 e. The lowest BCUT2D eigenvalue weighted by Gasteiger charge is -2.07. The number of nitrogens with zero attached hydrogens (tertiary/aromatic N) is 2. The summed E-state index contributed by atoms with van der Waals surface area (Å²) < 4.78 is 31.3. The molecule has 0 radical (unpaired) electrons. The average Bonchev–Trinajstić information content (AvgIpc) is 2.70. The van der Waals surface area contributed by atoms with Crippen LogP contribution in [0, 0.1) is 0 Å². The number of nitrogens with two attached hydrogens (primary N) is 1. The minimum Gasteiger partial charge on any atom is -0.462 e. The zero-order chi connectivity index (χ0) is 13.7. The highest BCUT2D eigenvalue weighted by Gasteiger charge is 2.25. The molecular weight excluding hydrogens is 248 g/mol. The SMILES string of the molecule is CCOC(=O)c1cnn(CCC(N)=O)c1C(F)F. The highest BCUT2D eigenvalue weighted by molar-refractivity contribution is 5.90. The Kier molecular flexibility index (Phi) is 4.75. The maximum absolute atomic E-state index is 12.9. The van der Waals surface area contributed by atoms with Crippen LogP contribution in [0.3, 0.4) is 0 Å². The van der Waals surface area contributed by atoms with E-state index < -0.39 is 24.0 Å². The number of carbonyl (C=O) groups excluding carboxylic acids is 2. The lowest BCUT2D eigenvalue weighted by Crippen LogP contribution is -2.17. The van der Waals surface area contributed by atoms with Gasteiger partial charge in [-0.2, -0.15) is 5.10 Å². The van der Waals surface area contributed by atoms with Crippen molar-refractivity contribution in [3.05, 3.63) is 17.5 Å². The van der Waals surface area contributed by atoms with Gasteiger partial charge in [0.25, 0.3) is 6.43 Å². The highest BCUT2D eigenvalue weighted by atomic mass is 19.3. The molecule has 0 aromatic carbocycles. The molecule has 0 aliphatic rings. The molecule has 6 nitrogen and oxygen atoms in total. The smallest absolute Gasteiger partial charge is 0.341 e. The maximum atomic E-state index is 12.9. The van der Waals surface area contributed by atoms with Crippen molar-refractivity contribution in [3.63, 3.8) is 0 Å². The molecule has 1 aromatic heterocycles. The van der Waals surface area contributed by atoms with Gasteiger partial charge in [0.05, 0.1) is 19.3 Å². The Balaban J connectivity index is 2.99. The lowest BCUT2D eigenvalue weighted by atomic mass is 10.2. The van der Waals surface area contributed by atoms with Gasteiger partial charge in [0.15, 0.2) is 0 Å². The van der Waals surface area contributed by atoms with Crippen molar-refractivity contribution in [2.45, 2.75) is 26.3 Å². The number of halogens is 2. The summed E-state index contributed by atoms with van der Waals surface area (Å²) in [6.45, 7) is 1.54. The standard InChI is InChI=1S/C10H13F2N3O3/c1-2-18-10(17)6-5-14-15(4-3-7(13)16)8(6)9(11)12/h5,9H,2-4H2,1H3,(H2,13,16). The molecule has 18 heavy (non-hydrogen) atoms. The predicted octanol–water partition coefficient (Wildman–Crippen LogP) is 0.873. The summed E-state index contributed by atoms with van der Waals surface area (Å²) >= 11 is 0. The van der Waals surface area contributed by atoms with Gasteiger partial charge in [-0.05, 0) is 6.92 Å². The molecule has 0 unspecified atom stereocenters. The summed E-state index contributed by atoms with van der Waals surface area (Å²) in [5.74, 6) is -1.50. The van der Waals surface area contributed by atoms with Crippen molar-refractivity contribution in [3.8, 4) is 0 Å². The van der Waals surface area contributed by atoms with Gasteiger partial charge in [-0.1, -0.05) is 0 Å². The second kappa shape index (κ2) is 6.08. The summed E-state index contributed by atoms with van der Waals surface area (Å²) in [5.41, 5.74) is 4.07. The normalized spacial score (nSPS) is 10.7. The highest BCUT2D eigenvalue weighted by Crippen LogP contribution is 2.23. The van der Waals surface area contributed by atoms with Crippen molar-refractivity contribution >= 4 is 11.9 Å². The van der Waals surface area contributed by atoms with Crippen LogP contribution in [0.15, 0.2) is 6.20 Å². The third kappa shape index (κ3) is 3.25. The first-order chi connectivity index (χ1) is 8.47. The molecule has 0 saturated carbocycles. The van der Waals surface area contributed by atoms with Crippen LogP contribution in [0.1, 0.15) is 35.8 Å². The van der Waals surface area contributed by atoms with Crippen LogP contribution in [-0.2, 0) is 16.1 Å². The molecule has 0 aliphatic carbocycles. The molecule has 1 amide bonds. The summed E-state index contributed by atoms with van der Waals surface area (Å²) in [4.78, 5) is 22.0. The van der Waals surface area contributed by atoms with E-state index in [0.29, 0.717) is 0 Å². The van der Waals surface area contributed by atoms with Gasteiger partial charge in [-0.3, -0.25) is 9.48 Å². The number of amides is 1. The van der Waals surface area contributed by atoms with Gasteiger partial charge in [-0.15, -0.1) is 0 Å². The van der Waals surface area contributed by atoms with Crippen molar-refractivity contribution in [2.75, 3.05) is 6.61 Å². The molecule has 0 bridgehead atoms. The summed E-state index contributed by atoms with van der Waals surface area (Å²) in [7, 11) is 0. The van der Waals surface area contributed by atoms with E-state index in [1.165, 1.54) is 0 Å². The topological polar surface area (TPSA) is 87.2 Å². The Bertz CT molecular complexity index is 446. The second-order valence-electron chi connectivity index (χ2n) is 3.40. The molecule has 2 N–H and O–H groups in total. The molecule has 1 aromatic rings. The van der Waals surface area contributed by atoms with E-state index in [9.17, 15) is 18.4 Å². The molecule has 0 atom stereocenters. The number of hydrogen-bond acceptors (Lipinski definition) is 4. The number of esters is 1. The lowest BCUT2D eigenvalue weighted by molar-refractivity contribution is -0.118. The number of carbonyl (C=O) groups is 2. The van der Waals surface area contributed by atoms with Crippen molar-refractivity contribution in [2.24, 2.45) is 5.73 Å². The zero-order valence-electron chi connectivity index (χ0n) is 9.73. The molecule has 1 rings (SSSR count). The number of ether oxygens (including phenoxy) is 1. The molecule has 0 aliphatic heterocycles. The summed E-state index contributed by atoms with van der Waals surface area (Å²) in [6.07, 6.45) is -2.02. The Hall–Kier alpha value is -1.99. The Morgan fingerprint density at radius 1 is 1.56 bits per heavy atom. The van der Waals surface area contributed by atoms with Gasteiger partial charge in [0.2, 0.25) is 5.91 Å². The number of rotatable bonds is 6. The first kappa shape index (κ1) is 14.1. The molecule has 8 heteroatoms. The van der Waals surface area contributed by atoms with E-state index >= 15 is 0 Å². The first-order valence-corrected chi connectivity index (χ1v) is 5.26. The van der Waals surface area contributed by atoms with Gasteiger partial charge in [-0.25, -0.2) is 13.6 Å². The van der Waals surface area contributed by atoms with Gasteiger partial charge in [0.1, 0.15) is 11.3 Å². The van der Waals surface area contributed by atoms with E-state index in [1.54, 1.807) is 6.92 Å². The molecule has 0 spiro atoms. The predicted molar refractivity (Wildman–Crippen MR) is 57.0 cm³/mol.